The van der Waals surface area contributed by atoms with Gasteiger partial charge in [-0.2, -0.15) is 11.3 Å². The Labute approximate surface area is 117 Å². The standard InChI is InChI=1S/C13H19N3O2S/c1-3-9(2)14-13(18)10-6-12(17)16(7-10)15-11-4-5-19-8-11/h4-5,8-10,15H,3,6-7H2,1-2H3,(H,14,18). The van der Waals surface area contributed by atoms with Crippen molar-refractivity contribution in [3.8, 4) is 0 Å². The molecular weight excluding hydrogens is 262 g/mol. The molecule has 0 bridgehead atoms. The lowest BCUT2D eigenvalue weighted by atomic mass is 10.1. The number of hydrogen-bond acceptors (Lipinski definition) is 4. The van der Waals surface area contributed by atoms with Gasteiger partial charge in [0.25, 0.3) is 0 Å². The van der Waals surface area contributed by atoms with Crippen molar-refractivity contribution in [3.05, 3.63) is 16.8 Å². The molecule has 2 atom stereocenters. The highest BCUT2D eigenvalue weighted by atomic mass is 32.1. The largest absolute Gasteiger partial charge is 0.353 e. The first-order chi connectivity index (χ1) is 9.10. The zero-order valence-electron chi connectivity index (χ0n) is 11.2. The minimum Gasteiger partial charge on any atom is -0.353 e. The minimum atomic E-state index is -0.257. The highest BCUT2D eigenvalue weighted by molar-refractivity contribution is 7.08. The van der Waals surface area contributed by atoms with E-state index in [1.807, 2.05) is 30.7 Å². The lowest BCUT2D eigenvalue weighted by molar-refractivity contribution is -0.128. The van der Waals surface area contributed by atoms with Crippen molar-refractivity contribution in [1.82, 2.24) is 10.3 Å². The average Bonchev–Trinajstić information content (AvgIpc) is 3.00. The number of anilines is 1. The first kappa shape index (κ1) is 13.9. The van der Waals surface area contributed by atoms with Crippen LogP contribution in [-0.2, 0) is 9.59 Å². The molecule has 0 aromatic carbocycles. The van der Waals surface area contributed by atoms with Crippen LogP contribution in [0.3, 0.4) is 0 Å². The van der Waals surface area contributed by atoms with Crippen molar-refractivity contribution in [2.45, 2.75) is 32.7 Å². The van der Waals surface area contributed by atoms with Crippen molar-refractivity contribution in [2.75, 3.05) is 12.0 Å². The molecule has 1 aliphatic rings. The SMILES string of the molecule is CCC(C)NC(=O)C1CC(=O)N(Nc2ccsc2)C1. The third-order valence-corrected chi connectivity index (χ3v) is 3.97. The van der Waals surface area contributed by atoms with E-state index < -0.39 is 0 Å². The molecule has 1 aromatic rings. The van der Waals surface area contributed by atoms with Gasteiger partial charge in [-0.3, -0.25) is 20.0 Å². The van der Waals surface area contributed by atoms with Gasteiger partial charge in [0.1, 0.15) is 0 Å². The van der Waals surface area contributed by atoms with E-state index in [1.165, 1.54) is 5.01 Å². The number of carbonyl (C=O) groups is 2. The molecule has 19 heavy (non-hydrogen) atoms. The van der Waals surface area contributed by atoms with Gasteiger partial charge in [0, 0.05) is 17.8 Å². The predicted octanol–water partition coefficient (Wildman–Crippen LogP) is 1.84. The Kier molecular flexibility index (Phi) is 4.42. The highest BCUT2D eigenvalue weighted by Crippen LogP contribution is 2.21. The van der Waals surface area contributed by atoms with Crippen LogP contribution in [0.4, 0.5) is 5.69 Å². The Bertz CT molecular complexity index is 447. The summed E-state index contributed by atoms with van der Waals surface area (Å²) in [6, 6.07) is 2.06. The van der Waals surface area contributed by atoms with Gasteiger partial charge in [0.15, 0.2) is 0 Å². The number of nitrogens with zero attached hydrogens (tertiary/aromatic N) is 1. The maximum Gasteiger partial charge on any atom is 0.241 e. The van der Waals surface area contributed by atoms with Gasteiger partial charge in [-0.1, -0.05) is 6.92 Å². The van der Waals surface area contributed by atoms with Crippen LogP contribution in [0.5, 0.6) is 0 Å². The topological polar surface area (TPSA) is 61.4 Å². The Morgan fingerprint density at radius 2 is 2.42 bits per heavy atom. The van der Waals surface area contributed by atoms with Gasteiger partial charge in [-0.15, -0.1) is 0 Å². The molecular formula is C13H19N3O2S. The Morgan fingerprint density at radius 1 is 1.63 bits per heavy atom. The van der Waals surface area contributed by atoms with E-state index in [0.29, 0.717) is 6.54 Å². The van der Waals surface area contributed by atoms with Gasteiger partial charge in [0.05, 0.1) is 18.2 Å². The van der Waals surface area contributed by atoms with E-state index in [0.717, 1.165) is 12.1 Å². The third kappa shape index (κ3) is 3.47. The molecule has 1 aromatic heterocycles. The quantitative estimate of drug-likeness (QED) is 0.865. The van der Waals surface area contributed by atoms with Crippen LogP contribution in [0.25, 0.3) is 0 Å². The zero-order chi connectivity index (χ0) is 13.8. The second-order valence-electron chi connectivity index (χ2n) is 4.85. The van der Waals surface area contributed by atoms with Gasteiger partial charge in [0.2, 0.25) is 11.8 Å². The normalized spacial score (nSPS) is 20.4. The molecule has 5 nitrogen and oxygen atoms in total. The average molecular weight is 281 g/mol. The molecule has 2 N–H and O–H groups in total. The molecule has 2 rings (SSSR count). The van der Waals surface area contributed by atoms with E-state index in [1.54, 1.807) is 11.3 Å². The van der Waals surface area contributed by atoms with Crippen LogP contribution in [-0.4, -0.2) is 29.4 Å². The fourth-order valence-electron chi connectivity index (χ4n) is 1.94. The van der Waals surface area contributed by atoms with Crippen molar-refractivity contribution in [2.24, 2.45) is 5.92 Å². The third-order valence-electron chi connectivity index (χ3n) is 3.28. The van der Waals surface area contributed by atoms with Crippen molar-refractivity contribution >= 4 is 28.8 Å². The molecule has 2 unspecified atom stereocenters. The number of nitrogens with one attached hydrogen (secondary N) is 2. The van der Waals surface area contributed by atoms with Crippen LogP contribution in [0.2, 0.25) is 0 Å². The Morgan fingerprint density at radius 3 is 3.05 bits per heavy atom. The summed E-state index contributed by atoms with van der Waals surface area (Å²) in [5, 5.41) is 8.33. The number of rotatable bonds is 5. The summed E-state index contributed by atoms with van der Waals surface area (Å²) in [7, 11) is 0. The second-order valence-corrected chi connectivity index (χ2v) is 5.63. The molecule has 6 heteroatoms. The summed E-state index contributed by atoms with van der Waals surface area (Å²) in [5.41, 5.74) is 3.93. The molecule has 1 fully saturated rings. The lowest BCUT2D eigenvalue weighted by Crippen LogP contribution is -2.38. The molecule has 0 saturated carbocycles. The fourth-order valence-corrected chi connectivity index (χ4v) is 2.52. The highest BCUT2D eigenvalue weighted by Gasteiger charge is 2.34. The van der Waals surface area contributed by atoms with Crippen molar-refractivity contribution in [3.63, 3.8) is 0 Å². The number of hydrazine groups is 1. The molecule has 0 aliphatic carbocycles. The molecule has 2 heterocycles. The lowest BCUT2D eigenvalue weighted by Gasteiger charge is -2.18. The van der Waals surface area contributed by atoms with Gasteiger partial charge < -0.3 is 5.32 Å². The smallest absolute Gasteiger partial charge is 0.241 e. The van der Waals surface area contributed by atoms with Crippen LogP contribution in [0.1, 0.15) is 26.7 Å². The van der Waals surface area contributed by atoms with Gasteiger partial charge >= 0.3 is 0 Å². The molecule has 0 radical (unpaired) electrons. The Balaban J connectivity index is 1.90. The maximum atomic E-state index is 12.0. The summed E-state index contributed by atoms with van der Waals surface area (Å²) in [6.07, 6.45) is 1.17. The van der Waals surface area contributed by atoms with Gasteiger partial charge in [-0.05, 0) is 24.8 Å². The first-order valence-corrected chi connectivity index (χ1v) is 7.44. The monoisotopic (exact) mass is 281 g/mol. The Hall–Kier alpha value is -1.56. The van der Waals surface area contributed by atoms with Crippen LogP contribution >= 0.6 is 11.3 Å². The minimum absolute atomic E-state index is 0.0303. The number of thiophene rings is 1. The molecule has 1 saturated heterocycles. The van der Waals surface area contributed by atoms with E-state index in [-0.39, 0.29) is 30.2 Å². The summed E-state index contributed by atoms with van der Waals surface area (Å²) < 4.78 is 0. The predicted molar refractivity (Wildman–Crippen MR) is 75.7 cm³/mol. The number of hydrogen-bond donors (Lipinski definition) is 2. The van der Waals surface area contributed by atoms with Crippen LogP contribution < -0.4 is 10.7 Å². The second kappa shape index (κ2) is 6.06. The summed E-state index contributed by atoms with van der Waals surface area (Å²) in [5.74, 6) is -0.319. The summed E-state index contributed by atoms with van der Waals surface area (Å²) >= 11 is 1.56. The van der Waals surface area contributed by atoms with Crippen molar-refractivity contribution in [1.29, 1.82) is 0 Å². The number of amides is 2. The summed E-state index contributed by atoms with van der Waals surface area (Å²) in [4.78, 5) is 23.8. The van der Waals surface area contributed by atoms with E-state index in [9.17, 15) is 9.59 Å². The van der Waals surface area contributed by atoms with E-state index in [2.05, 4.69) is 10.7 Å². The summed E-state index contributed by atoms with van der Waals surface area (Å²) in [6.45, 7) is 4.42. The van der Waals surface area contributed by atoms with Crippen LogP contribution in [0, 0.1) is 5.92 Å². The fraction of sp³-hybridized carbons (Fsp3) is 0.538. The molecule has 1 aliphatic heterocycles. The molecule has 0 spiro atoms. The number of carbonyl (C=O) groups excluding carboxylic acids is 2. The van der Waals surface area contributed by atoms with Gasteiger partial charge in [-0.25, -0.2) is 0 Å². The molecule has 2 amide bonds. The van der Waals surface area contributed by atoms with E-state index >= 15 is 0 Å². The van der Waals surface area contributed by atoms with Crippen molar-refractivity contribution < 1.29 is 9.59 Å². The maximum absolute atomic E-state index is 12.0. The van der Waals surface area contributed by atoms with E-state index in [4.69, 9.17) is 0 Å². The van der Waals surface area contributed by atoms with Crippen LogP contribution in [0.15, 0.2) is 16.8 Å². The first-order valence-electron chi connectivity index (χ1n) is 6.49. The molecule has 104 valence electrons. The zero-order valence-corrected chi connectivity index (χ0v) is 12.0.